The molecule has 108 valence electrons. The van der Waals surface area contributed by atoms with E-state index in [0.717, 1.165) is 26.1 Å². The molecule has 0 aromatic carbocycles. The highest BCUT2D eigenvalue weighted by molar-refractivity contribution is 5.76. The standard InChI is InChI=1S/C13H23N3O3/c1-11-6-8-14-10-16(11)9-3-7-15-12(17)4-2-5-13(18)19/h8,11H,2-7,9-10H2,1H3,(H,15,17)(H,18,19). The molecule has 0 fully saturated rings. The van der Waals surface area contributed by atoms with E-state index in [-0.39, 0.29) is 18.7 Å². The zero-order chi connectivity index (χ0) is 14.1. The fraction of sp³-hybridized carbons (Fsp3) is 0.769. The van der Waals surface area contributed by atoms with Gasteiger partial charge in [-0.2, -0.15) is 0 Å². The van der Waals surface area contributed by atoms with Gasteiger partial charge in [0.15, 0.2) is 0 Å². The molecule has 0 aromatic rings. The number of aliphatic imine (C=N–C) groups is 1. The van der Waals surface area contributed by atoms with Gasteiger partial charge in [-0.25, -0.2) is 0 Å². The predicted octanol–water partition coefficient (Wildman–Crippen LogP) is 0.870. The summed E-state index contributed by atoms with van der Waals surface area (Å²) in [5.74, 6) is -0.918. The Morgan fingerprint density at radius 2 is 2.21 bits per heavy atom. The van der Waals surface area contributed by atoms with E-state index in [2.05, 4.69) is 22.1 Å². The van der Waals surface area contributed by atoms with Gasteiger partial charge in [-0.05, 0) is 26.2 Å². The van der Waals surface area contributed by atoms with Crippen LogP contribution in [-0.4, -0.2) is 53.9 Å². The molecule has 0 aliphatic carbocycles. The first-order valence-corrected chi connectivity index (χ1v) is 6.80. The Balaban J connectivity index is 2.02. The molecule has 0 saturated carbocycles. The third kappa shape index (κ3) is 6.91. The lowest BCUT2D eigenvalue weighted by Crippen LogP contribution is -2.38. The Labute approximate surface area is 113 Å². The molecular weight excluding hydrogens is 246 g/mol. The van der Waals surface area contributed by atoms with Gasteiger partial charge in [0, 0.05) is 38.2 Å². The highest BCUT2D eigenvalue weighted by Crippen LogP contribution is 2.07. The molecule has 1 atom stereocenters. The normalized spacial score (nSPS) is 19.3. The Bertz CT molecular complexity index is 331. The van der Waals surface area contributed by atoms with E-state index < -0.39 is 5.97 Å². The Kier molecular flexibility index (Phi) is 7.10. The maximum absolute atomic E-state index is 11.4. The molecule has 6 heteroatoms. The van der Waals surface area contributed by atoms with Crippen LogP contribution in [0.5, 0.6) is 0 Å². The molecule has 1 rings (SSSR count). The molecule has 0 bridgehead atoms. The topological polar surface area (TPSA) is 82.0 Å². The number of carboxylic acids is 1. The summed E-state index contributed by atoms with van der Waals surface area (Å²) >= 11 is 0. The second-order valence-electron chi connectivity index (χ2n) is 4.85. The van der Waals surface area contributed by atoms with Crippen LogP contribution in [0.2, 0.25) is 0 Å². The number of amides is 1. The van der Waals surface area contributed by atoms with Crippen LogP contribution in [0.25, 0.3) is 0 Å². The monoisotopic (exact) mass is 269 g/mol. The lowest BCUT2D eigenvalue weighted by Gasteiger charge is -2.29. The molecular formula is C13H23N3O3. The number of nitrogens with zero attached hydrogens (tertiary/aromatic N) is 2. The van der Waals surface area contributed by atoms with Crippen LogP contribution in [0, 0.1) is 0 Å². The van der Waals surface area contributed by atoms with Crippen molar-refractivity contribution in [3.8, 4) is 0 Å². The van der Waals surface area contributed by atoms with Gasteiger partial charge in [0.1, 0.15) is 0 Å². The van der Waals surface area contributed by atoms with Crippen LogP contribution < -0.4 is 5.32 Å². The molecule has 2 N–H and O–H groups in total. The van der Waals surface area contributed by atoms with Crippen LogP contribution >= 0.6 is 0 Å². The molecule has 0 aromatic heterocycles. The smallest absolute Gasteiger partial charge is 0.303 e. The van der Waals surface area contributed by atoms with E-state index >= 15 is 0 Å². The Hall–Kier alpha value is -1.43. The van der Waals surface area contributed by atoms with Crippen LogP contribution in [0.15, 0.2) is 4.99 Å². The van der Waals surface area contributed by atoms with Crippen molar-refractivity contribution in [3.05, 3.63) is 0 Å². The minimum atomic E-state index is -0.854. The van der Waals surface area contributed by atoms with Gasteiger partial charge in [-0.15, -0.1) is 0 Å². The second kappa shape index (κ2) is 8.63. The number of carbonyl (C=O) groups is 2. The fourth-order valence-electron chi connectivity index (χ4n) is 1.97. The summed E-state index contributed by atoms with van der Waals surface area (Å²) in [5.41, 5.74) is 0. The van der Waals surface area contributed by atoms with E-state index in [1.165, 1.54) is 0 Å². The minimum Gasteiger partial charge on any atom is -0.481 e. The fourth-order valence-corrected chi connectivity index (χ4v) is 1.97. The molecule has 19 heavy (non-hydrogen) atoms. The average molecular weight is 269 g/mol. The first-order valence-electron chi connectivity index (χ1n) is 6.80. The SMILES string of the molecule is CC1CC=NCN1CCCNC(=O)CCCC(=O)O. The molecule has 0 radical (unpaired) electrons. The third-order valence-electron chi connectivity index (χ3n) is 3.20. The molecule has 1 aliphatic rings. The first-order chi connectivity index (χ1) is 9.09. The van der Waals surface area contributed by atoms with Gasteiger partial charge in [-0.3, -0.25) is 19.5 Å². The van der Waals surface area contributed by atoms with E-state index in [0.29, 0.717) is 19.0 Å². The van der Waals surface area contributed by atoms with Crippen molar-refractivity contribution in [2.75, 3.05) is 19.8 Å². The third-order valence-corrected chi connectivity index (χ3v) is 3.20. The summed E-state index contributed by atoms with van der Waals surface area (Å²) in [6, 6.07) is 0.517. The van der Waals surface area contributed by atoms with Crippen LogP contribution in [0.1, 0.15) is 39.0 Å². The van der Waals surface area contributed by atoms with Crippen molar-refractivity contribution in [1.82, 2.24) is 10.2 Å². The second-order valence-corrected chi connectivity index (χ2v) is 4.85. The summed E-state index contributed by atoms with van der Waals surface area (Å²) in [4.78, 5) is 28.2. The van der Waals surface area contributed by atoms with Crippen molar-refractivity contribution in [3.63, 3.8) is 0 Å². The summed E-state index contributed by atoms with van der Waals surface area (Å²) in [6.07, 6.45) is 4.59. The quantitative estimate of drug-likeness (QED) is 0.641. The lowest BCUT2D eigenvalue weighted by atomic mass is 10.2. The van der Waals surface area contributed by atoms with Gasteiger partial charge in [0.2, 0.25) is 5.91 Å². The summed E-state index contributed by atoms with van der Waals surface area (Å²) in [7, 11) is 0. The molecule has 1 heterocycles. The molecule has 0 saturated heterocycles. The van der Waals surface area contributed by atoms with Gasteiger partial charge in [0.05, 0.1) is 6.67 Å². The number of rotatable bonds is 8. The largest absolute Gasteiger partial charge is 0.481 e. The number of aliphatic carboxylic acids is 1. The molecule has 0 spiro atoms. The van der Waals surface area contributed by atoms with Gasteiger partial charge in [-0.1, -0.05) is 0 Å². The maximum Gasteiger partial charge on any atom is 0.303 e. The molecule has 1 unspecified atom stereocenters. The highest BCUT2D eigenvalue weighted by atomic mass is 16.4. The molecule has 6 nitrogen and oxygen atoms in total. The van der Waals surface area contributed by atoms with Crippen molar-refractivity contribution in [1.29, 1.82) is 0 Å². The van der Waals surface area contributed by atoms with Gasteiger partial charge in [0.25, 0.3) is 0 Å². The summed E-state index contributed by atoms with van der Waals surface area (Å²) < 4.78 is 0. The number of nitrogens with one attached hydrogen (secondary N) is 1. The maximum atomic E-state index is 11.4. The van der Waals surface area contributed by atoms with Gasteiger partial charge >= 0.3 is 5.97 Å². The number of hydrogen-bond donors (Lipinski definition) is 2. The zero-order valence-corrected chi connectivity index (χ0v) is 11.5. The first kappa shape index (κ1) is 15.6. The van der Waals surface area contributed by atoms with Crippen LogP contribution in [-0.2, 0) is 9.59 Å². The molecule has 1 aliphatic heterocycles. The van der Waals surface area contributed by atoms with Crippen molar-refractivity contribution in [2.45, 2.75) is 45.1 Å². The number of carboxylic acid groups (broad SMARTS) is 1. The minimum absolute atomic E-state index is 0.0523. The van der Waals surface area contributed by atoms with Crippen molar-refractivity contribution in [2.24, 2.45) is 4.99 Å². The van der Waals surface area contributed by atoms with Crippen LogP contribution in [0.4, 0.5) is 0 Å². The van der Waals surface area contributed by atoms with Crippen molar-refractivity contribution < 1.29 is 14.7 Å². The van der Waals surface area contributed by atoms with E-state index in [4.69, 9.17) is 5.11 Å². The zero-order valence-electron chi connectivity index (χ0n) is 11.5. The van der Waals surface area contributed by atoms with Crippen LogP contribution in [0.3, 0.4) is 0 Å². The number of carbonyl (C=O) groups excluding carboxylic acids is 1. The highest BCUT2D eigenvalue weighted by Gasteiger charge is 2.14. The molecule has 1 amide bonds. The summed E-state index contributed by atoms with van der Waals surface area (Å²) in [5, 5.41) is 11.3. The Morgan fingerprint density at radius 1 is 1.42 bits per heavy atom. The van der Waals surface area contributed by atoms with Crippen molar-refractivity contribution >= 4 is 18.1 Å². The van der Waals surface area contributed by atoms with E-state index in [1.807, 2.05) is 6.21 Å². The van der Waals surface area contributed by atoms with E-state index in [9.17, 15) is 9.59 Å². The Morgan fingerprint density at radius 3 is 2.89 bits per heavy atom. The lowest BCUT2D eigenvalue weighted by molar-refractivity contribution is -0.137. The predicted molar refractivity (Wildman–Crippen MR) is 73.3 cm³/mol. The van der Waals surface area contributed by atoms with E-state index in [1.54, 1.807) is 0 Å². The number of hydrogen-bond acceptors (Lipinski definition) is 4. The summed E-state index contributed by atoms with van der Waals surface area (Å²) in [6.45, 7) is 4.48. The average Bonchev–Trinajstić information content (AvgIpc) is 2.36. The van der Waals surface area contributed by atoms with Gasteiger partial charge < -0.3 is 10.4 Å².